The molecular formula is C20H16BrN3O7S2. The van der Waals surface area contributed by atoms with Crippen LogP contribution >= 0.6 is 15.9 Å². The van der Waals surface area contributed by atoms with Gasteiger partial charge in [-0.05, 0) is 49.4 Å². The van der Waals surface area contributed by atoms with Crippen LogP contribution in [-0.2, 0) is 20.1 Å². The van der Waals surface area contributed by atoms with Gasteiger partial charge in [-0.25, -0.2) is 4.83 Å². The number of nitrogens with one attached hydrogen (secondary N) is 1. The molecule has 3 aromatic rings. The molecular weight excluding hydrogens is 538 g/mol. The van der Waals surface area contributed by atoms with Gasteiger partial charge in [-0.3, -0.25) is 10.1 Å². The first-order valence-electron chi connectivity index (χ1n) is 9.08. The molecule has 0 unspecified atom stereocenters. The first-order chi connectivity index (χ1) is 15.5. The number of nitrogens with zero attached hydrogens (tertiary/aromatic N) is 2. The number of hydrazone groups is 1. The summed E-state index contributed by atoms with van der Waals surface area (Å²) in [6.45, 7) is 1.82. The third-order valence-electron chi connectivity index (χ3n) is 4.22. The highest BCUT2D eigenvalue weighted by atomic mass is 79.9. The minimum atomic E-state index is -4.33. The summed E-state index contributed by atoms with van der Waals surface area (Å²) in [6.07, 6.45) is 1.09. The van der Waals surface area contributed by atoms with Gasteiger partial charge in [-0.2, -0.15) is 21.9 Å². The van der Waals surface area contributed by atoms with Crippen LogP contribution in [0.1, 0.15) is 11.1 Å². The lowest BCUT2D eigenvalue weighted by atomic mass is 10.2. The van der Waals surface area contributed by atoms with Gasteiger partial charge in [0, 0.05) is 22.2 Å². The molecule has 0 aliphatic heterocycles. The molecule has 0 fully saturated rings. The molecule has 0 amide bonds. The summed E-state index contributed by atoms with van der Waals surface area (Å²) in [5, 5.41) is 14.5. The number of nitro groups is 1. The molecule has 0 saturated heterocycles. The molecule has 0 heterocycles. The van der Waals surface area contributed by atoms with Crippen LogP contribution in [0.2, 0.25) is 0 Å². The van der Waals surface area contributed by atoms with Crippen molar-refractivity contribution in [3.05, 3.63) is 92.4 Å². The maximum atomic E-state index is 12.6. The maximum absolute atomic E-state index is 12.6. The smallest absolute Gasteiger partial charge is 0.339 e. The van der Waals surface area contributed by atoms with E-state index in [0.29, 0.717) is 4.47 Å². The lowest BCUT2D eigenvalue weighted by molar-refractivity contribution is -0.384. The van der Waals surface area contributed by atoms with E-state index in [0.717, 1.165) is 36.0 Å². The number of benzene rings is 3. The van der Waals surface area contributed by atoms with Gasteiger partial charge in [0.2, 0.25) is 0 Å². The van der Waals surface area contributed by atoms with Crippen molar-refractivity contribution in [3.8, 4) is 5.75 Å². The second kappa shape index (κ2) is 9.68. The summed E-state index contributed by atoms with van der Waals surface area (Å²) in [7, 11) is -8.26. The van der Waals surface area contributed by atoms with Gasteiger partial charge < -0.3 is 4.18 Å². The SMILES string of the molecule is Cc1ccc(S(=O)(=O)N/N=C/c2cc(Br)ccc2OS(=O)(=O)c2ccc([N+](=O)[O-])cc2)cc1. The number of aryl methyl sites for hydroxylation is 1. The Morgan fingerprint density at radius 1 is 0.970 bits per heavy atom. The first-order valence-corrected chi connectivity index (χ1v) is 12.8. The van der Waals surface area contributed by atoms with Crippen LogP contribution in [0, 0.1) is 17.0 Å². The van der Waals surface area contributed by atoms with E-state index in [1.54, 1.807) is 12.1 Å². The number of hydrogen-bond donors (Lipinski definition) is 1. The van der Waals surface area contributed by atoms with Gasteiger partial charge in [-0.1, -0.05) is 33.6 Å². The Bertz CT molecular complexity index is 1420. The van der Waals surface area contributed by atoms with Gasteiger partial charge in [0.15, 0.2) is 5.75 Å². The van der Waals surface area contributed by atoms with E-state index in [-0.39, 0.29) is 26.8 Å². The standard InChI is InChI=1S/C20H16BrN3O7S2/c1-14-2-7-18(8-3-14)32(27,28)23-22-13-15-12-16(21)4-11-20(15)31-33(29,30)19-9-5-17(6-10-19)24(25)26/h2-13,23H,1H3/b22-13+. The number of nitro benzene ring substituents is 1. The predicted octanol–water partition coefficient (Wildman–Crippen LogP) is 3.75. The van der Waals surface area contributed by atoms with Crippen molar-refractivity contribution >= 4 is 48.0 Å². The van der Waals surface area contributed by atoms with Gasteiger partial charge in [0.25, 0.3) is 15.7 Å². The van der Waals surface area contributed by atoms with Crippen LogP contribution in [0.5, 0.6) is 5.75 Å². The number of hydrogen-bond acceptors (Lipinski definition) is 8. The Hall–Kier alpha value is -3.29. The Morgan fingerprint density at radius 3 is 2.18 bits per heavy atom. The van der Waals surface area contributed by atoms with Crippen LogP contribution in [0.3, 0.4) is 0 Å². The van der Waals surface area contributed by atoms with Crippen molar-refractivity contribution in [3.63, 3.8) is 0 Å². The zero-order chi connectivity index (χ0) is 24.2. The largest absolute Gasteiger partial charge is 0.378 e. The molecule has 33 heavy (non-hydrogen) atoms. The summed E-state index contributed by atoms with van der Waals surface area (Å²) < 4.78 is 55.7. The molecule has 0 aliphatic rings. The molecule has 0 bridgehead atoms. The normalized spacial score (nSPS) is 11.9. The molecule has 0 radical (unpaired) electrons. The molecule has 0 atom stereocenters. The average Bonchev–Trinajstić information content (AvgIpc) is 2.76. The van der Waals surface area contributed by atoms with Crippen LogP contribution in [0.4, 0.5) is 5.69 Å². The summed E-state index contributed by atoms with van der Waals surface area (Å²) >= 11 is 3.25. The highest BCUT2D eigenvalue weighted by Gasteiger charge is 2.20. The fourth-order valence-electron chi connectivity index (χ4n) is 2.53. The van der Waals surface area contributed by atoms with Crippen molar-refractivity contribution < 1.29 is 25.9 Å². The van der Waals surface area contributed by atoms with Crippen molar-refractivity contribution in [1.82, 2.24) is 4.83 Å². The highest BCUT2D eigenvalue weighted by molar-refractivity contribution is 9.10. The summed E-state index contributed by atoms with van der Waals surface area (Å²) in [6, 6.07) is 14.7. The molecule has 172 valence electrons. The molecule has 1 N–H and O–H groups in total. The van der Waals surface area contributed by atoms with E-state index in [4.69, 9.17) is 4.18 Å². The number of non-ortho nitro benzene ring substituents is 1. The van der Waals surface area contributed by atoms with Crippen LogP contribution < -0.4 is 9.01 Å². The Morgan fingerprint density at radius 2 is 1.58 bits per heavy atom. The fraction of sp³-hybridized carbons (Fsp3) is 0.0500. The molecule has 0 aliphatic carbocycles. The Labute approximate surface area is 198 Å². The zero-order valence-electron chi connectivity index (χ0n) is 16.9. The number of rotatable bonds is 8. The van der Waals surface area contributed by atoms with Crippen molar-refractivity contribution in [2.75, 3.05) is 0 Å². The van der Waals surface area contributed by atoms with E-state index in [2.05, 4.69) is 25.9 Å². The minimum absolute atomic E-state index is 0.0108. The van der Waals surface area contributed by atoms with Crippen molar-refractivity contribution in [2.24, 2.45) is 5.10 Å². The molecule has 13 heteroatoms. The van der Waals surface area contributed by atoms with Gasteiger partial charge in [0.1, 0.15) is 4.90 Å². The average molecular weight is 554 g/mol. The second-order valence-corrected chi connectivity index (χ2v) is 10.8. The summed E-state index contributed by atoms with van der Waals surface area (Å²) in [5.74, 6) is -0.130. The van der Waals surface area contributed by atoms with Gasteiger partial charge in [0.05, 0.1) is 16.0 Å². The van der Waals surface area contributed by atoms with E-state index in [9.17, 15) is 26.9 Å². The third kappa shape index (κ3) is 6.15. The fourth-order valence-corrected chi connectivity index (χ4v) is 4.66. The molecule has 0 aromatic heterocycles. The molecule has 10 nitrogen and oxygen atoms in total. The van der Waals surface area contributed by atoms with E-state index >= 15 is 0 Å². The summed E-state index contributed by atoms with van der Waals surface area (Å²) in [5.41, 5.74) is 0.773. The van der Waals surface area contributed by atoms with Crippen LogP contribution in [0.15, 0.2) is 86.1 Å². The molecule has 0 saturated carbocycles. The van der Waals surface area contributed by atoms with Crippen LogP contribution in [0.25, 0.3) is 0 Å². The van der Waals surface area contributed by atoms with Gasteiger partial charge in [-0.15, -0.1) is 0 Å². The van der Waals surface area contributed by atoms with E-state index in [1.807, 2.05) is 6.92 Å². The first kappa shape index (κ1) is 24.4. The lowest BCUT2D eigenvalue weighted by Gasteiger charge is -2.10. The molecule has 3 rings (SSSR count). The Kier molecular flexibility index (Phi) is 7.15. The van der Waals surface area contributed by atoms with E-state index in [1.165, 1.54) is 30.3 Å². The monoisotopic (exact) mass is 553 g/mol. The zero-order valence-corrected chi connectivity index (χ0v) is 20.1. The van der Waals surface area contributed by atoms with Crippen molar-refractivity contribution in [2.45, 2.75) is 16.7 Å². The predicted molar refractivity (Wildman–Crippen MR) is 124 cm³/mol. The number of sulfonamides is 1. The molecule has 0 spiro atoms. The lowest BCUT2D eigenvalue weighted by Crippen LogP contribution is -2.18. The van der Waals surface area contributed by atoms with E-state index < -0.39 is 25.1 Å². The van der Waals surface area contributed by atoms with Crippen LogP contribution in [-0.4, -0.2) is 28.0 Å². The van der Waals surface area contributed by atoms with Crippen molar-refractivity contribution in [1.29, 1.82) is 0 Å². The highest BCUT2D eigenvalue weighted by Crippen LogP contribution is 2.26. The second-order valence-electron chi connectivity index (χ2n) is 6.64. The topological polar surface area (TPSA) is 145 Å². The third-order valence-corrected chi connectivity index (χ3v) is 7.20. The molecule has 3 aromatic carbocycles. The Balaban J connectivity index is 1.84. The van der Waals surface area contributed by atoms with Gasteiger partial charge >= 0.3 is 10.1 Å². The minimum Gasteiger partial charge on any atom is -0.378 e. The quantitative estimate of drug-likeness (QED) is 0.193. The summed E-state index contributed by atoms with van der Waals surface area (Å²) in [4.78, 5) is 11.9. The maximum Gasteiger partial charge on any atom is 0.339 e. The number of halogens is 1.